The predicted octanol–water partition coefficient (Wildman–Crippen LogP) is 1.62. The number of methoxy groups -OCH3 is 1. The summed E-state index contributed by atoms with van der Waals surface area (Å²) in [6.07, 6.45) is 1.40. The second-order valence-electron chi connectivity index (χ2n) is 4.68. The molecule has 0 spiro atoms. The lowest BCUT2D eigenvalue weighted by molar-refractivity contribution is -0.144. The minimum absolute atomic E-state index is 0.196. The van der Waals surface area contributed by atoms with E-state index in [2.05, 4.69) is 5.32 Å². The van der Waals surface area contributed by atoms with Gasteiger partial charge in [0.1, 0.15) is 6.04 Å². The molecule has 1 aliphatic rings. The third kappa shape index (κ3) is 4.21. The second-order valence-corrected chi connectivity index (χ2v) is 4.68. The molecule has 1 atom stereocenters. The standard InChI is InChI=1S/C15H21NO4/c1-18-9-10-19-7-4-8-20-15(17)14-11-12-5-2-3-6-13(12)16-14/h2-3,5-6,14,16H,4,7-11H2,1H3. The number of hydrogen-bond acceptors (Lipinski definition) is 5. The molecule has 0 aliphatic carbocycles. The lowest BCUT2D eigenvalue weighted by Crippen LogP contribution is -2.29. The Labute approximate surface area is 119 Å². The Morgan fingerprint density at radius 3 is 2.90 bits per heavy atom. The number of fused-ring (bicyclic) bond motifs is 1. The number of nitrogens with one attached hydrogen (secondary N) is 1. The van der Waals surface area contributed by atoms with E-state index < -0.39 is 0 Å². The van der Waals surface area contributed by atoms with E-state index in [-0.39, 0.29) is 12.0 Å². The number of rotatable bonds is 8. The Kier molecular flexibility index (Phi) is 5.83. The Morgan fingerprint density at radius 1 is 1.25 bits per heavy atom. The Morgan fingerprint density at radius 2 is 2.10 bits per heavy atom. The van der Waals surface area contributed by atoms with Crippen LogP contribution in [0.5, 0.6) is 0 Å². The van der Waals surface area contributed by atoms with Gasteiger partial charge in [0.05, 0.1) is 19.8 Å². The molecule has 0 radical (unpaired) electrons. The van der Waals surface area contributed by atoms with Crippen LogP contribution in [0.25, 0.3) is 0 Å². The molecule has 0 bridgehead atoms. The van der Waals surface area contributed by atoms with Crippen LogP contribution in [0.4, 0.5) is 5.69 Å². The summed E-state index contributed by atoms with van der Waals surface area (Å²) in [6, 6.07) is 7.68. The van der Waals surface area contributed by atoms with Gasteiger partial charge in [0, 0.05) is 32.2 Å². The number of esters is 1. The number of benzene rings is 1. The molecule has 1 aromatic rings. The van der Waals surface area contributed by atoms with Crippen molar-refractivity contribution in [2.75, 3.05) is 38.9 Å². The van der Waals surface area contributed by atoms with Gasteiger partial charge in [-0.2, -0.15) is 0 Å². The van der Waals surface area contributed by atoms with Crippen molar-refractivity contribution in [1.29, 1.82) is 0 Å². The fourth-order valence-corrected chi connectivity index (χ4v) is 2.12. The first-order valence-corrected chi connectivity index (χ1v) is 6.89. The first kappa shape index (κ1) is 14.8. The second kappa shape index (κ2) is 7.87. The smallest absolute Gasteiger partial charge is 0.328 e. The topological polar surface area (TPSA) is 56.8 Å². The summed E-state index contributed by atoms with van der Waals surface area (Å²) in [6.45, 7) is 2.13. The van der Waals surface area contributed by atoms with Crippen molar-refractivity contribution in [2.24, 2.45) is 0 Å². The molecule has 110 valence electrons. The van der Waals surface area contributed by atoms with Gasteiger partial charge in [0.2, 0.25) is 0 Å². The zero-order valence-electron chi connectivity index (χ0n) is 11.8. The molecule has 0 aromatic heterocycles. The third-order valence-electron chi connectivity index (χ3n) is 3.16. The molecule has 1 aliphatic heterocycles. The Hall–Kier alpha value is -1.59. The van der Waals surface area contributed by atoms with E-state index in [1.807, 2.05) is 24.3 Å². The fourth-order valence-electron chi connectivity index (χ4n) is 2.12. The Balaban J connectivity index is 1.60. The zero-order chi connectivity index (χ0) is 14.2. The molecule has 20 heavy (non-hydrogen) atoms. The van der Waals surface area contributed by atoms with Gasteiger partial charge in [0.25, 0.3) is 0 Å². The summed E-state index contributed by atoms with van der Waals surface area (Å²) in [5.41, 5.74) is 2.19. The minimum Gasteiger partial charge on any atom is -0.464 e. The van der Waals surface area contributed by atoms with Gasteiger partial charge in [-0.15, -0.1) is 0 Å². The summed E-state index contributed by atoms with van der Waals surface area (Å²) in [5, 5.41) is 3.18. The summed E-state index contributed by atoms with van der Waals surface area (Å²) in [4.78, 5) is 11.9. The van der Waals surface area contributed by atoms with Gasteiger partial charge >= 0.3 is 5.97 Å². The average molecular weight is 279 g/mol. The third-order valence-corrected chi connectivity index (χ3v) is 3.16. The average Bonchev–Trinajstić information content (AvgIpc) is 2.90. The van der Waals surface area contributed by atoms with Gasteiger partial charge < -0.3 is 19.5 Å². The SMILES string of the molecule is COCCOCCCOC(=O)C1Cc2ccccc2N1. The van der Waals surface area contributed by atoms with Crippen LogP contribution in [0.2, 0.25) is 0 Å². The van der Waals surface area contributed by atoms with Crippen LogP contribution in [-0.2, 0) is 25.4 Å². The van der Waals surface area contributed by atoms with E-state index >= 15 is 0 Å². The highest BCUT2D eigenvalue weighted by Gasteiger charge is 2.27. The van der Waals surface area contributed by atoms with Crippen molar-refractivity contribution >= 4 is 11.7 Å². The number of carbonyl (C=O) groups is 1. The fraction of sp³-hybridized carbons (Fsp3) is 0.533. The first-order valence-electron chi connectivity index (χ1n) is 6.89. The predicted molar refractivity (Wildman–Crippen MR) is 75.8 cm³/mol. The van der Waals surface area contributed by atoms with Crippen LogP contribution in [0.15, 0.2) is 24.3 Å². The Bertz CT molecular complexity index is 411. The van der Waals surface area contributed by atoms with E-state index in [4.69, 9.17) is 14.2 Å². The number of carbonyl (C=O) groups excluding carboxylic acids is 1. The van der Waals surface area contributed by atoms with Gasteiger partial charge in [-0.1, -0.05) is 18.2 Å². The van der Waals surface area contributed by atoms with Gasteiger partial charge in [-0.3, -0.25) is 0 Å². The van der Waals surface area contributed by atoms with Crippen LogP contribution in [0.1, 0.15) is 12.0 Å². The molecular weight excluding hydrogens is 258 g/mol. The molecule has 1 unspecified atom stereocenters. The summed E-state index contributed by atoms with van der Waals surface area (Å²) in [5.74, 6) is -0.196. The maximum Gasteiger partial charge on any atom is 0.328 e. The molecule has 1 aromatic carbocycles. The van der Waals surface area contributed by atoms with Crippen LogP contribution >= 0.6 is 0 Å². The van der Waals surface area contributed by atoms with E-state index in [1.54, 1.807) is 7.11 Å². The highest BCUT2D eigenvalue weighted by Crippen LogP contribution is 2.25. The summed E-state index contributed by atoms with van der Waals surface area (Å²) >= 11 is 0. The highest BCUT2D eigenvalue weighted by atomic mass is 16.5. The van der Waals surface area contributed by atoms with Crippen molar-refractivity contribution < 1.29 is 19.0 Å². The first-order chi connectivity index (χ1) is 9.81. The van der Waals surface area contributed by atoms with Crippen LogP contribution < -0.4 is 5.32 Å². The molecule has 1 N–H and O–H groups in total. The van der Waals surface area contributed by atoms with Gasteiger partial charge in [-0.05, 0) is 11.6 Å². The zero-order valence-corrected chi connectivity index (χ0v) is 11.8. The van der Waals surface area contributed by atoms with Crippen LogP contribution in [-0.4, -0.2) is 45.5 Å². The maximum absolute atomic E-state index is 11.9. The van der Waals surface area contributed by atoms with E-state index in [0.717, 1.165) is 11.3 Å². The van der Waals surface area contributed by atoms with Crippen LogP contribution in [0.3, 0.4) is 0 Å². The molecule has 2 rings (SSSR count). The molecule has 0 saturated heterocycles. The van der Waals surface area contributed by atoms with Gasteiger partial charge in [-0.25, -0.2) is 4.79 Å². The summed E-state index contributed by atoms with van der Waals surface area (Å²) < 4.78 is 15.4. The van der Waals surface area contributed by atoms with Crippen molar-refractivity contribution in [1.82, 2.24) is 0 Å². The molecule has 0 saturated carbocycles. The number of ether oxygens (including phenoxy) is 3. The minimum atomic E-state index is -0.262. The molecule has 1 heterocycles. The number of para-hydroxylation sites is 1. The van der Waals surface area contributed by atoms with Crippen LogP contribution in [0, 0.1) is 0 Å². The van der Waals surface area contributed by atoms with E-state index in [1.165, 1.54) is 0 Å². The number of anilines is 1. The summed E-state index contributed by atoms with van der Waals surface area (Å²) in [7, 11) is 1.64. The molecule has 5 nitrogen and oxygen atoms in total. The molecule has 5 heteroatoms. The number of hydrogen-bond donors (Lipinski definition) is 1. The van der Waals surface area contributed by atoms with Gasteiger partial charge in [0.15, 0.2) is 0 Å². The highest BCUT2D eigenvalue weighted by molar-refractivity contribution is 5.82. The monoisotopic (exact) mass is 279 g/mol. The van der Waals surface area contributed by atoms with Crippen molar-refractivity contribution in [2.45, 2.75) is 18.9 Å². The molecule has 0 fully saturated rings. The van der Waals surface area contributed by atoms with E-state index in [9.17, 15) is 4.79 Å². The lowest BCUT2D eigenvalue weighted by Gasteiger charge is -2.11. The normalized spacial score (nSPS) is 16.6. The lowest BCUT2D eigenvalue weighted by atomic mass is 10.1. The van der Waals surface area contributed by atoms with E-state index in [0.29, 0.717) is 39.3 Å². The van der Waals surface area contributed by atoms with Crippen molar-refractivity contribution in [3.8, 4) is 0 Å². The largest absolute Gasteiger partial charge is 0.464 e. The quantitative estimate of drug-likeness (QED) is 0.579. The maximum atomic E-state index is 11.9. The molecular formula is C15H21NO4. The van der Waals surface area contributed by atoms with Crippen molar-refractivity contribution in [3.05, 3.63) is 29.8 Å². The van der Waals surface area contributed by atoms with Crippen molar-refractivity contribution in [3.63, 3.8) is 0 Å². The molecule has 0 amide bonds.